The molecule has 0 aromatic carbocycles. The molecule has 154 valence electrons. The van der Waals surface area contributed by atoms with E-state index in [9.17, 15) is 15.0 Å². The Balaban J connectivity index is 3.59. The molecule has 0 rings (SSSR count). The fourth-order valence-electron chi connectivity index (χ4n) is 2.91. The monoisotopic (exact) mass is 371 g/mol. The van der Waals surface area contributed by atoms with E-state index < -0.39 is 12.1 Å². The Morgan fingerprint density at radius 2 is 1.54 bits per heavy atom. The molecule has 26 heavy (non-hydrogen) atoms. The van der Waals surface area contributed by atoms with Gasteiger partial charge in [-0.1, -0.05) is 83.3 Å². The van der Waals surface area contributed by atoms with E-state index in [1.807, 2.05) is 6.08 Å². The lowest BCUT2D eigenvalue weighted by Gasteiger charge is -2.19. The molecule has 2 atom stereocenters. The molecule has 5 heteroatoms. The molecular formula is C21H41NO4. The zero-order valence-electron chi connectivity index (χ0n) is 16.9. The lowest BCUT2D eigenvalue weighted by Crippen LogP contribution is -2.46. The number of hydrogen-bond acceptors (Lipinski definition) is 4. The van der Waals surface area contributed by atoms with E-state index in [0.29, 0.717) is 0 Å². The molecule has 5 nitrogen and oxygen atoms in total. The second-order valence-electron chi connectivity index (χ2n) is 7.03. The van der Waals surface area contributed by atoms with E-state index in [1.54, 1.807) is 6.08 Å². The Morgan fingerprint density at radius 1 is 1.00 bits per heavy atom. The van der Waals surface area contributed by atoms with E-state index in [4.69, 9.17) is 4.74 Å². The lowest BCUT2D eigenvalue weighted by molar-refractivity contribution is -0.126. The number of aliphatic hydroxyl groups is 2. The molecule has 0 bridgehead atoms. The molecule has 3 N–H and O–H groups in total. The maximum absolute atomic E-state index is 11.4. The van der Waals surface area contributed by atoms with Gasteiger partial charge >= 0.3 is 0 Å². The average Bonchev–Trinajstić information content (AvgIpc) is 2.63. The summed E-state index contributed by atoms with van der Waals surface area (Å²) >= 11 is 0. The van der Waals surface area contributed by atoms with Crippen molar-refractivity contribution in [3.8, 4) is 0 Å². The fourth-order valence-corrected chi connectivity index (χ4v) is 2.91. The number of nitrogens with one attached hydrogen (secondary N) is 1. The van der Waals surface area contributed by atoms with Crippen LogP contribution >= 0.6 is 0 Å². The molecule has 0 saturated carbocycles. The van der Waals surface area contributed by atoms with Crippen LogP contribution in [0.5, 0.6) is 0 Å². The van der Waals surface area contributed by atoms with Gasteiger partial charge in [0.15, 0.2) is 0 Å². The van der Waals surface area contributed by atoms with Gasteiger partial charge in [0.2, 0.25) is 5.91 Å². The molecule has 0 aliphatic heterocycles. The number of carbonyl (C=O) groups excluding carboxylic acids is 1. The van der Waals surface area contributed by atoms with Crippen LogP contribution in [0.25, 0.3) is 0 Å². The number of rotatable bonds is 18. The van der Waals surface area contributed by atoms with Crippen molar-refractivity contribution >= 4 is 5.91 Å². The number of allylic oxidation sites excluding steroid dienone is 1. The third-order valence-electron chi connectivity index (χ3n) is 4.54. The van der Waals surface area contributed by atoms with Crippen LogP contribution in [-0.2, 0) is 9.53 Å². The van der Waals surface area contributed by atoms with Gasteiger partial charge in [-0.05, 0) is 12.8 Å². The third-order valence-corrected chi connectivity index (χ3v) is 4.54. The van der Waals surface area contributed by atoms with Crippen LogP contribution in [0.15, 0.2) is 12.2 Å². The number of aliphatic hydroxyl groups excluding tert-OH is 2. The minimum absolute atomic E-state index is 0.0777. The summed E-state index contributed by atoms with van der Waals surface area (Å²) in [5.74, 6) is -0.343. The molecule has 0 saturated heterocycles. The van der Waals surface area contributed by atoms with Crippen LogP contribution in [0.3, 0.4) is 0 Å². The highest BCUT2D eigenvalue weighted by Gasteiger charge is 2.17. The van der Waals surface area contributed by atoms with E-state index in [0.717, 1.165) is 12.8 Å². The van der Waals surface area contributed by atoms with Crippen molar-refractivity contribution < 1.29 is 19.7 Å². The summed E-state index contributed by atoms with van der Waals surface area (Å²) in [7, 11) is 1.43. The van der Waals surface area contributed by atoms with Crippen molar-refractivity contribution in [2.24, 2.45) is 0 Å². The van der Waals surface area contributed by atoms with Crippen LogP contribution < -0.4 is 5.32 Å². The highest BCUT2D eigenvalue weighted by atomic mass is 16.5. The number of carbonyl (C=O) groups is 1. The van der Waals surface area contributed by atoms with Crippen LogP contribution in [0.4, 0.5) is 0 Å². The first-order valence-electron chi connectivity index (χ1n) is 10.4. The van der Waals surface area contributed by atoms with Crippen LogP contribution in [0.2, 0.25) is 0 Å². The third kappa shape index (κ3) is 15.4. The van der Waals surface area contributed by atoms with Gasteiger partial charge in [0.05, 0.1) is 18.8 Å². The summed E-state index contributed by atoms with van der Waals surface area (Å²) in [6.45, 7) is 1.87. The largest absolute Gasteiger partial charge is 0.394 e. The number of hydrogen-bond donors (Lipinski definition) is 3. The number of ether oxygens (including phenoxy) is 1. The Kier molecular flexibility index (Phi) is 18.2. The zero-order valence-corrected chi connectivity index (χ0v) is 16.9. The van der Waals surface area contributed by atoms with E-state index >= 15 is 0 Å². The highest BCUT2D eigenvalue weighted by molar-refractivity contribution is 5.77. The molecule has 0 heterocycles. The zero-order chi connectivity index (χ0) is 19.5. The predicted octanol–water partition coefficient (Wildman–Crippen LogP) is 3.73. The standard InChI is InChI=1S/C21H41NO4/c1-3-4-5-6-7-8-9-10-11-12-13-14-15-16-20(24)19(17-23)22-21(25)18-26-2/h15-16,19-20,23-24H,3-14,17-18H2,1-2H3,(H,22,25)/b16-15+. The summed E-state index contributed by atoms with van der Waals surface area (Å²) in [6, 6.07) is -0.689. The minimum Gasteiger partial charge on any atom is -0.394 e. The molecule has 1 amide bonds. The number of amides is 1. The summed E-state index contributed by atoms with van der Waals surface area (Å²) in [4.78, 5) is 11.4. The number of unbranched alkanes of at least 4 members (excludes halogenated alkanes) is 11. The summed E-state index contributed by atoms with van der Waals surface area (Å²) in [5.41, 5.74) is 0. The Morgan fingerprint density at radius 3 is 2.04 bits per heavy atom. The van der Waals surface area contributed by atoms with Crippen LogP contribution in [0.1, 0.15) is 84.0 Å². The molecule has 0 radical (unpaired) electrons. The van der Waals surface area contributed by atoms with Crippen molar-refractivity contribution in [2.75, 3.05) is 20.3 Å². The predicted molar refractivity (Wildman–Crippen MR) is 107 cm³/mol. The topological polar surface area (TPSA) is 78.8 Å². The van der Waals surface area contributed by atoms with Crippen molar-refractivity contribution in [3.05, 3.63) is 12.2 Å². The number of methoxy groups -OCH3 is 1. The van der Waals surface area contributed by atoms with Gasteiger partial charge in [-0.2, -0.15) is 0 Å². The first kappa shape index (κ1) is 25.1. The van der Waals surface area contributed by atoms with Gasteiger partial charge < -0.3 is 20.3 Å². The molecule has 0 aromatic rings. The smallest absolute Gasteiger partial charge is 0.246 e. The Hall–Kier alpha value is -0.910. The first-order valence-corrected chi connectivity index (χ1v) is 10.4. The average molecular weight is 372 g/mol. The second-order valence-corrected chi connectivity index (χ2v) is 7.03. The molecule has 0 aromatic heterocycles. The van der Waals surface area contributed by atoms with Crippen molar-refractivity contribution in [2.45, 2.75) is 96.1 Å². The van der Waals surface area contributed by atoms with Gasteiger partial charge in [-0.25, -0.2) is 0 Å². The van der Waals surface area contributed by atoms with E-state index in [1.165, 1.54) is 71.3 Å². The Labute approximate surface area is 160 Å². The SMILES string of the molecule is CCCCCCCCCCCCC/C=C/C(O)C(CO)NC(=O)COC. The van der Waals surface area contributed by atoms with Crippen LogP contribution in [0, 0.1) is 0 Å². The normalized spacial score (nSPS) is 13.8. The van der Waals surface area contributed by atoms with Gasteiger partial charge in [-0.15, -0.1) is 0 Å². The maximum Gasteiger partial charge on any atom is 0.246 e. The van der Waals surface area contributed by atoms with Gasteiger partial charge in [0.1, 0.15) is 6.61 Å². The lowest BCUT2D eigenvalue weighted by atomic mass is 10.0. The highest BCUT2D eigenvalue weighted by Crippen LogP contribution is 2.12. The van der Waals surface area contributed by atoms with Crippen molar-refractivity contribution in [1.29, 1.82) is 0 Å². The van der Waals surface area contributed by atoms with Crippen molar-refractivity contribution in [3.63, 3.8) is 0 Å². The van der Waals surface area contributed by atoms with Gasteiger partial charge in [-0.3, -0.25) is 4.79 Å². The molecule has 2 unspecified atom stereocenters. The molecular weight excluding hydrogens is 330 g/mol. The Bertz CT molecular complexity index is 347. The minimum atomic E-state index is -0.881. The molecule has 0 fully saturated rings. The fraction of sp³-hybridized carbons (Fsp3) is 0.857. The summed E-state index contributed by atoms with van der Waals surface area (Å²) < 4.78 is 4.72. The van der Waals surface area contributed by atoms with Crippen molar-refractivity contribution in [1.82, 2.24) is 5.32 Å². The molecule has 0 spiro atoms. The molecule has 0 aliphatic carbocycles. The summed E-state index contributed by atoms with van der Waals surface area (Å²) in [5, 5.41) is 21.8. The van der Waals surface area contributed by atoms with E-state index in [-0.39, 0.29) is 19.1 Å². The first-order chi connectivity index (χ1) is 12.7. The molecule has 0 aliphatic rings. The summed E-state index contributed by atoms with van der Waals surface area (Å²) in [6.07, 6.45) is 18.1. The second kappa shape index (κ2) is 18.9. The van der Waals surface area contributed by atoms with Gasteiger partial charge in [0, 0.05) is 7.11 Å². The van der Waals surface area contributed by atoms with E-state index in [2.05, 4.69) is 12.2 Å². The maximum atomic E-state index is 11.4. The van der Waals surface area contributed by atoms with Crippen LogP contribution in [-0.4, -0.2) is 48.6 Å². The quantitative estimate of drug-likeness (QED) is 0.253. The van der Waals surface area contributed by atoms with Gasteiger partial charge in [0.25, 0.3) is 0 Å².